The maximum Gasteiger partial charge on any atom is 0.335 e. The molecule has 1 aliphatic rings. The highest BCUT2D eigenvalue weighted by molar-refractivity contribution is 9.10. The van der Waals surface area contributed by atoms with Crippen LogP contribution in [0.15, 0.2) is 76.8 Å². The van der Waals surface area contributed by atoms with E-state index in [1.807, 2.05) is 24.3 Å². The second-order valence-electron chi connectivity index (χ2n) is 7.54. The maximum atomic E-state index is 13.2. The van der Waals surface area contributed by atoms with Gasteiger partial charge in [-0.2, -0.15) is 0 Å². The van der Waals surface area contributed by atoms with Crippen LogP contribution in [0.3, 0.4) is 0 Å². The number of carbonyl (C=O) groups is 3. The minimum atomic E-state index is -0.861. The van der Waals surface area contributed by atoms with Crippen LogP contribution in [0.25, 0.3) is 6.08 Å². The van der Waals surface area contributed by atoms with Crippen molar-refractivity contribution in [2.75, 3.05) is 11.5 Å². The van der Waals surface area contributed by atoms with Gasteiger partial charge in [-0.25, -0.2) is 9.69 Å². The molecule has 3 aromatic rings. The normalized spacial score (nSPS) is 14.4. The van der Waals surface area contributed by atoms with Crippen LogP contribution in [-0.4, -0.2) is 24.5 Å². The highest BCUT2D eigenvalue weighted by Crippen LogP contribution is 2.29. The van der Waals surface area contributed by atoms with E-state index < -0.39 is 17.8 Å². The first-order valence-corrected chi connectivity index (χ1v) is 11.8. The molecule has 0 radical (unpaired) electrons. The fraction of sp³-hybridized carbons (Fsp3) is 0.0741. The van der Waals surface area contributed by atoms with E-state index in [1.165, 1.54) is 12.1 Å². The molecule has 1 fully saturated rings. The van der Waals surface area contributed by atoms with Crippen LogP contribution in [0.5, 0.6) is 11.5 Å². The summed E-state index contributed by atoms with van der Waals surface area (Å²) in [4.78, 5) is 39.2. The minimum Gasteiger partial charge on any atom is -0.489 e. The summed E-state index contributed by atoms with van der Waals surface area (Å²) in [6.45, 7) is 0.333. The molecule has 4 rings (SSSR count). The van der Waals surface area contributed by atoms with Gasteiger partial charge in [0.15, 0.2) is 0 Å². The molecule has 0 bridgehead atoms. The molecule has 7 nitrogen and oxygen atoms in total. The van der Waals surface area contributed by atoms with Crippen molar-refractivity contribution in [1.29, 1.82) is 0 Å². The monoisotopic (exact) mass is 564 g/mol. The standard InChI is InChI=1S/C27H18BrClN2O5/c1-2-13-35-24-12-7-20(29)14-18(24)15-23-25(32)30-27(34)31(26(23)33)21-8-10-22(11-9-21)36-16-17-3-5-19(28)6-4-17/h1,3-12,14-15H,13,16H2,(H,30,32,34)/b23-15+. The molecule has 1 saturated heterocycles. The lowest BCUT2D eigenvalue weighted by atomic mass is 10.1. The van der Waals surface area contributed by atoms with Crippen molar-refractivity contribution in [2.24, 2.45) is 0 Å². The van der Waals surface area contributed by atoms with Gasteiger partial charge >= 0.3 is 6.03 Å². The summed E-state index contributed by atoms with van der Waals surface area (Å²) in [6.07, 6.45) is 6.57. The van der Waals surface area contributed by atoms with Crippen molar-refractivity contribution < 1.29 is 23.9 Å². The molecule has 3 aromatic carbocycles. The van der Waals surface area contributed by atoms with Gasteiger partial charge in [-0.1, -0.05) is 45.6 Å². The largest absolute Gasteiger partial charge is 0.489 e. The first kappa shape index (κ1) is 25.0. The lowest BCUT2D eigenvalue weighted by molar-refractivity contribution is -0.122. The first-order valence-electron chi connectivity index (χ1n) is 10.6. The molecule has 0 unspecified atom stereocenters. The smallest absolute Gasteiger partial charge is 0.335 e. The second kappa shape index (κ2) is 11.1. The van der Waals surface area contributed by atoms with Crippen molar-refractivity contribution in [1.82, 2.24) is 5.32 Å². The third-order valence-electron chi connectivity index (χ3n) is 5.10. The summed E-state index contributed by atoms with van der Waals surface area (Å²) >= 11 is 9.48. The van der Waals surface area contributed by atoms with Crippen LogP contribution >= 0.6 is 27.5 Å². The molecule has 1 aliphatic heterocycles. The fourth-order valence-electron chi connectivity index (χ4n) is 3.37. The molecule has 0 saturated carbocycles. The van der Waals surface area contributed by atoms with Crippen LogP contribution in [0, 0.1) is 12.3 Å². The summed E-state index contributed by atoms with van der Waals surface area (Å²) in [6, 6.07) is 17.9. The first-order chi connectivity index (χ1) is 17.4. The number of barbiturate groups is 1. The third kappa shape index (κ3) is 5.77. The van der Waals surface area contributed by atoms with Gasteiger partial charge in [0.2, 0.25) is 0 Å². The predicted octanol–water partition coefficient (Wildman–Crippen LogP) is 5.36. The maximum absolute atomic E-state index is 13.2. The molecule has 4 amide bonds. The summed E-state index contributed by atoms with van der Waals surface area (Å²) in [7, 11) is 0. The zero-order valence-corrected chi connectivity index (χ0v) is 21.0. The van der Waals surface area contributed by atoms with Crippen LogP contribution in [-0.2, 0) is 16.2 Å². The average Bonchev–Trinajstić information content (AvgIpc) is 2.86. The van der Waals surface area contributed by atoms with Gasteiger partial charge in [-0.15, -0.1) is 6.42 Å². The SMILES string of the molecule is C#CCOc1ccc(Cl)cc1/C=C1\C(=O)NC(=O)N(c2ccc(OCc3ccc(Br)cc3)cc2)C1=O. The van der Waals surface area contributed by atoms with Gasteiger partial charge in [-0.3, -0.25) is 14.9 Å². The van der Waals surface area contributed by atoms with E-state index in [-0.39, 0.29) is 17.9 Å². The number of imide groups is 2. The Bertz CT molecular complexity index is 1400. The lowest BCUT2D eigenvalue weighted by Crippen LogP contribution is -2.54. The Hall–Kier alpha value is -4.06. The van der Waals surface area contributed by atoms with Crippen molar-refractivity contribution in [3.63, 3.8) is 0 Å². The fourth-order valence-corrected chi connectivity index (χ4v) is 3.81. The zero-order valence-electron chi connectivity index (χ0n) is 18.7. The molecule has 1 N–H and O–H groups in total. The van der Waals surface area contributed by atoms with E-state index in [1.54, 1.807) is 36.4 Å². The van der Waals surface area contributed by atoms with Gasteiger partial charge in [0, 0.05) is 15.1 Å². The molecule has 0 aliphatic carbocycles. The lowest BCUT2D eigenvalue weighted by Gasteiger charge is -2.26. The molecule has 0 spiro atoms. The van der Waals surface area contributed by atoms with Crippen molar-refractivity contribution in [3.05, 3.63) is 92.9 Å². The highest BCUT2D eigenvalue weighted by atomic mass is 79.9. The number of amides is 4. The number of benzene rings is 3. The summed E-state index contributed by atoms with van der Waals surface area (Å²) in [5, 5.41) is 2.56. The number of anilines is 1. The zero-order chi connectivity index (χ0) is 25.7. The van der Waals surface area contributed by atoms with Crippen molar-refractivity contribution in [2.45, 2.75) is 6.61 Å². The molecular formula is C27H18BrClN2O5. The Morgan fingerprint density at radius 2 is 1.72 bits per heavy atom. The Morgan fingerprint density at radius 3 is 2.42 bits per heavy atom. The van der Waals surface area contributed by atoms with Crippen molar-refractivity contribution in [3.8, 4) is 23.8 Å². The van der Waals surface area contributed by atoms with E-state index >= 15 is 0 Å². The van der Waals surface area contributed by atoms with E-state index in [0.717, 1.165) is 14.9 Å². The highest BCUT2D eigenvalue weighted by Gasteiger charge is 2.37. The Balaban J connectivity index is 1.56. The Labute approximate surface area is 220 Å². The van der Waals surface area contributed by atoms with Gasteiger partial charge in [-0.05, 0) is 66.2 Å². The number of hydrogen-bond donors (Lipinski definition) is 1. The molecule has 0 aromatic heterocycles. The molecule has 180 valence electrons. The topological polar surface area (TPSA) is 84.9 Å². The van der Waals surface area contributed by atoms with E-state index in [4.69, 9.17) is 27.5 Å². The number of terminal acetylenes is 1. The Kier molecular flexibility index (Phi) is 7.74. The molecule has 36 heavy (non-hydrogen) atoms. The predicted molar refractivity (Wildman–Crippen MR) is 140 cm³/mol. The number of halogens is 2. The van der Waals surface area contributed by atoms with Crippen LogP contribution in [0.4, 0.5) is 10.5 Å². The van der Waals surface area contributed by atoms with Crippen LogP contribution in [0.1, 0.15) is 11.1 Å². The third-order valence-corrected chi connectivity index (χ3v) is 5.86. The summed E-state index contributed by atoms with van der Waals surface area (Å²) in [5.74, 6) is 1.60. The van der Waals surface area contributed by atoms with Crippen LogP contribution in [0.2, 0.25) is 5.02 Å². The number of ether oxygens (including phenoxy) is 2. The van der Waals surface area contributed by atoms with E-state index in [9.17, 15) is 14.4 Å². The number of nitrogens with zero attached hydrogens (tertiary/aromatic N) is 1. The second-order valence-corrected chi connectivity index (χ2v) is 8.89. The molecule has 1 heterocycles. The van der Waals surface area contributed by atoms with Crippen molar-refractivity contribution >= 4 is 57.1 Å². The quantitative estimate of drug-likeness (QED) is 0.237. The van der Waals surface area contributed by atoms with Gasteiger partial charge < -0.3 is 9.47 Å². The van der Waals surface area contributed by atoms with Crippen LogP contribution < -0.4 is 19.7 Å². The molecular weight excluding hydrogens is 548 g/mol. The van der Waals surface area contributed by atoms with Gasteiger partial charge in [0.05, 0.1) is 5.69 Å². The molecule has 9 heteroatoms. The van der Waals surface area contributed by atoms with E-state index in [0.29, 0.717) is 28.7 Å². The molecule has 0 atom stereocenters. The van der Waals surface area contributed by atoms with E-state index in [2.05, 4.69) is 27.2 Å². The Morgan fingerprint density at radius 1 is 1.00 bits per heavy atom. The number of urea groups is 1. The summed E-state index contributed by atoms with van der Waals surface area (Å²) < 4.78 is 12.2. The van der Waals surface area contributed by atoms with Gasteiger partial charge in [0.1, 0.15) is 30.3 Å². The number of carbonyl (C=O) groups excluding carboxylic acids is 3. The average molecular weight is 566 g/mol. The number of nitrogens with one attached hydrogen (secondary N) is 1. The van der Waals surface area contributed by atoms with Gasteiger partial charge in [0.25, 0.3) is 11.8 Å². The summed E-state index contributed by atoms with van der Waals surface area (Å²) in [5.41, 5.74) is 1.34. The minimum absolute atomic E-state index is 0.0151. The number of rotatable bonds is 7. The number of hydrogen-bond acceptors (Lipinski definition) is 5.